The predicted octanol–water partition coefficient (Wildman–Crippen LogP) is 3.74. The Labute approximate surface area is 207 Å². The molecule has 0 saturated carbocycles. The zero-order chi connectivity index (χ0) is 25.4. The van der Waals surface area contributed by atoms with Gasteiger partial charge in [-0.15, -0.1) is 0 Å². The molecule has 1 heterocycles. The number of ether oxygens (including phenoxy) is 2. The Morgan fingerprint density at radius 2 is 1.71 bits per heavy atom. The summed E-state index contributed by atoms with van der Waals surface area (Å²) < 4.78 is 11.2. The quantitative estimate of drug-likeness (QED) is 0.590. The van der Waals surface area contributed by atoms with Crippen LogP contribution in [0.15, 0.2) is 42.5 Å². The Kier molecular flexibility index (Phi) is 9.11. The Morgan fingerprint density at radius 3 is 2.40 bits per heavy atom. The maximum atomic E-state index is 13.1. The lowest BCUT2D eigenvalue weighted by atomic mass is 9.96. The highest BCUT2D eigenvalue weighted by Crippen LogP contribution is 2.30. The number of carbonyl (C=O) groups is 3. The number of rotatable bonds is 9. The van der Waals surface area contributed by atoms with E-state index >= 15 is 0 Å². The molecule has 188 valence electrons. The van der Waals surface area contributed by atoms with Crippen LogP contribution in [0.25, 0.3) is 0 Å². The van der Waals surface area contributed by atoms with Crippen LogP contribution in [0, 0.1) is 12.8 Å². The third kappa shape index (κ3) is 6.97. The van der Waals surface area contributed by atoms with Crippen molar-refractivity contribution in [3.63, 3.8) is 0 Å². The molecular formula is C27H35N3O5. The third-order valence-corrected chi connectivity index (χ3v) is 5.94. The molecule has 0 spiro atoms. The lowest BCUT2D eigenvalue weighted by Crippen LogP contribution is -2.47. The van der Waals surface area contributed by atoms with Crippen LogP contribution in [0.5, 0.6) is 11.5 Å². The van der Waals surface area contributed by atoms with Crippen LogP contribution < -0.4 is 14.8 Å². The molecule has 3 amide bonds. The summed E-state index contributed by atoms with van der Waals surface area (Å²) in [6.45, 7) is 7.62. The molecule has 1 atom stereocenters. The first-order chi connectivity index (χ1) is 16.8. The smallest absolute Gasteiger partial charge is 0.253 e. The number of hydrogen-bond donors (Lipinski definition) is 1. The van der Waals surface area contributed by atoms with E-state index in [0.717, 1.165) is 12.0 Å². The molecule has 2 aromatic carbocycles. The number of likely N-dealkylation sites (tertiary alicyclic amines) is 1. The number of nitrogens with one attached hydrogen (secondary N) is 1. The molecule has 1 unspecified atom stereocenters. The molecule has 1 aliphatic heterocycles. The summed E-state index contributed by atoms with van der Waals surface area (Å²) in [4.78, 5) is 41.7. The van der Waals surface area contributed by atoms with Crippen molar-refractivity contribution in [3.05, 3.63) is 53.6 Å². The first-order valence-electron chi connectivity index (χ1n) is 12.1. The van der Waals surface area contributed by atoms with Gasteiger partial charge in [0.05, 0.1) is 25.7 Å². The molecule has 8 nitrogen and oxygen atoms in total. The van der Waals surface area contributed by atoms with E-state index < -0.39 is 0 Å². The number of hydrogen-bond acceptors (Lipinski definition) is 5. The molecule has 8 heteroatoms. The zero-order valence-electron chi connectivity index (χ0n) is 21.0. The second-order valence-electron chi connectivity index (χ2n) is 8.73. The fraction of sp³-hybridized carbons (Fsp3) is 0.444. The third-order valence-electron chi connectivity index (χ3n) is 5.94. The Balaban J connectivity index is 1.57. The first-order valence-corrected chi connectivity index (χ1v) is 12.1. The number of aryl methyl sites for hydroxylation is 1. The van der Waals surface area contributed by atoms with E-state index in [9.17, 15) is 14.4 Å². The highest BCUT2D eigenvalue weighted by atomic mass is 16.5. The summed E-state index contributed by atoms with van der Waals surface area (Å²) in [5.74, 6) is 0.326. The van der Waals surface area contributed by atoms with Gasteiger partial charge in [-0.25, -0.2) is 0 Å². The molecule has 1 N–H and O–H groups in total. The molecular weight excluding hydrogens is 446 g/mol. The molecule has 0 bridgehead atoms. The van der Waals surface area contributed by atoms with Gasteiger partial charge >= 0.3 is 0 Å². The van der Waals surface area contributed by atoms with Crippen molar-refractivity contribution in [3.8, 4) is 11.5 Å². The first kappa shape index (κ1) is 26.1. The zero-order valence-corrected chi connectivity index (χ0v) is 21.0. The number of carbonyl (C=O) groups excluding carboxylic acids is 3. The average molecular weight is 482 g/mol. The molecule has 3 rings (SSSR count). The fourth-order valence-corrected chi connectivity index (χ4v) is 4.18. The molecule has 35 heavy (non-hydrogen) atoms. The van der Waals surface area contributed by atoms with Crippen molar-refractivity contribution in [1.29, 1.82) is 0 Å². The molecule has 0 radical (unpaired) electrons. The van der Waals surface area contributed by atoms with Gasteiger partial charge in [0, 0.05) is 37.5 Å². The minimum atomic E-state index is -0.328. The van der Waals surface area contributed by atoms with Crippen LogP contribution in [-0.2, 0) is 9.59 Å². The number of piperidine rings is 1. The summed E-state index contributed by atoms with van der Waals surface area (Å²) in [5, 5.41) is 2.82. The standard InChI is InChI=1S/C27H35N3O5/c1-5-34-23-14-13-22(16-24(23)35-6-2)28-25(31)18-29(4)26(32)21-8-7-15-30(17-21)27(33)20-11-9-19(3)10-12-20/h9-14,16,21H,5-8,15,17-18H2,1-4H3,(H,28,31). The van der Waals surface area contributed by atoms with Crippen LogP contribution >= 0.6 is 0 Å². The topological polar surface area (TPSA) is 88.2 Å². The summed E-state index contributed by atoms with van der Waals surface area (Å²) in [6, 6.07) is 12.7. The highest BCUT2D eigenvalue weighted by molar-refractivity contribution is 5.96. The average Bonchev–Trinajstić information content (AvgIpc) is 2.85. The monoisotopic (exact) mass is 481 g/mol. The Hall–Kier alpha value is -3.55. The predicted molar refractivity (Wildman–Crippen MR) is 135 cm³/mol. The van der Waals surface area contributed by atoms with Crippen molar-refractivity contribution < 1.29 is 23.9 Å². The minimum Gasteiger partial charge on any atom is -0.490 e. The number of nitrogens with zero attached hydrogens (tertiary/aromatic N) is 2. The van der Waals surface area contributed by atoms with E-state index in [2.05, 4.69) is 5.32 Å². The fourth-order valence-electron chi connectivity index (χ4n) is 4.18. The van der Waals surface area contributed by atoms with Crippen molar-refractivity contribution in [2.24, 2.45) is 5.92 Å². The van der Waals surface area contributed by atoms with Crippen LogP contribution in [0.4, 0.5) is 5.69 Å². The van der Waals surface area contributed by atoms with Crippen molar-refractivity contribution in [2.75, 3.05) is 45.2 Å². The summed E-state index contributed by atoms with van der Waals surface area (Å²) in [5.41, 5.74) is 2.28. The number of benzene rings is 2. The Bertz CT molecular complexity index is 1040. The molecule has 1 saturated heterocycles. The van der Waals surface area contributed by atoms with E-state index in [1.165, 1.54) is 4.90 Å². The number of anilines is 1. The normalized spacial score (nSPS) is 15.3. The lowest BCUT2D eigenvalue weighted by molar-refractivity contribution is -0.138. The van der Waals surface area contributed by atoms with Crippen LogP contribution in [0.3, 0.4) is 0 Å². The van der Waals surface area contributed by atoms with Gasteiger partial charge in [-0.05, 0) is 57.9 Å². The second-order valence-corrected chi connectivity index (χ2v) is 8.73. The van der Waals surface area contributed by atoms with E-state index in [0.29, 0.717) is 55.5 Å². The van der Waals surface area contributed by atoms with Gasteiger partial charge < -0.3 is 24.6 Å². The lowest BCUT2D eigenvalue weighted by Gasteiger charge is -2.34. The number of amides is 3. The SMILES string of the molecule is CCOc1ccc(NC(=O)CN(C)C(=O)C2CCCN(C(=O)c3ccc(C)cc3)C2)cc1OCC. The molecule has 0 aromatic heterocycles. The van der Waals surface area contributed by atoms with E-state index in [-0.39, 0.29) is 30.2 Å². The second kappa shape index (κ2) is 12.2. The largest absolute Gasteiger partial charge is 0.490 e. The minimum absolute atomic E-state index is 0.0662. The summed E-state index contributed by atoms with van der Waals surface area (Å²) in [7, 11) is 1.62. The maximum Gasteiger partial charge on any atom is 0.253 e. The van der Waals surface area contributed by atoms with Crippen LogP contribution in [0.1, 0.15) is 42.6 Å². The van der Waals surface area contributed by atoms with E-state index in [4.69, 9.17) is 9.47 Å². The molecule has 1 fully saturated rings. The van der Waals surface area contributed by atoms with Gasteiger partial charge in [0.25, 0.3) is 5.91 Å². The summed E-state index contributed by atoms with van der Waals surface area (Å²) >= 11 is 0. The van der Waals surface area contributed by atoms with Crippen molar-refractivity contribution >= 4 is 23.4 Å². The highest BCUT2D eigenvalue weighted by Gasteiger charge is 2.31. The van der Waals surface area contributed by atoms with Gasteiger partial charge in [0.1, 0.15) is 0 Å². The molecule has 0 aliphatic carbocycles. The van der Waals surface area contributed by atoms with E-state index in [1.807, 2.05) is 45.0 Å². The van der Waals surface area contributed by atoms with Crippen LogP contribution in [0.2, 0.25) is 0 Å². The maximum absolute atomic E-state index is 13.1. The molecule has 1 aliphatic rings. The van der Waals surface area contributed by atoms with Crippen molar-refractivity contribution in [2.45, 2.75) is 33.6 Å². The molecule has 2 aromatic rings. The van der Waals surface area contributed by atoms with Gasteiger partial charge in [0.2, 0.25) is 11.8 Å². The van der Waals surface area contributed by atoms with Crippen molar-refractivity contribution in [1.82, 2.24) is 9.80 Å². The van der Waals surface area contributed by atoms with Gasteiger partial charge in [-0.3, -0.25) is 14.4 Å². The van der Waals surface area contributed by atoms with Gasteiger partial charge in [-0.1, -0.05) is 17.7 Å². The van der Waals surface area contributed by atoms with E-state index in [1.54, 1.807) is 30.1 Å². The number of likely N-dealkylation sites (N-methyl/N-ethyl adjacent to an activating group) is 1. The Morgan fingerprint density at radius 1 is 1.03 bits per heavy atom. The van der Waals surface area contributed by atoms with Gasteiger partial charge in [-0.2, -0.15) is 0 Å². The van der Waals surface area contributed by atoms with Crippen LogP contribution in [-0.4, -0.2) is 67.4 Å². The van der Waals surface area contributed by atoms with Gasteiger partial charge in [0.15, 0.2) is 11.5 Å². The summed E-state index contributed by atoms with van der Waals surface area (Å²) in [6.07, 6.45) is 1.44.